The Kier molecular flexibility index (Phi) is 4.00. The summed E-state index contributed by atoms with van der Waals surface area (Å²) in [4.78, 5) is 8.82. The molecule has 3 heteroatoms. The smallest absolute Gasteiger partial charge is 0.0724 e. The lowest BCUT2D eigenvalue weighted by molar-refractivity contribution is 1.22. The molecule has 2 heterocycles. The Hall–Kier alpha value is -1.53. The van der Waals surface area contributed by atoms with Crippen LogP contribution in [0.1, 0.15) is 11.4 Å². The third kappa shape index (κ3) is 3.21. The molecule has 0 saturated carbocycles. The lowest BCUT2D eigenvalue weighted by atomic mass is 10.1. The number of aromatic nitrogens is 2. The molecule has 0 atom stereocenters. The third-order valence-corrected chi connectivity index (χ3v) is 3.04. The number of nitrogens with zero attached hydrogens (tertiary/aromatic N) is 2. The maximum atomic E-state index is 4.41. The fourth-order valence-corrected chi connectivity index (χ4v) is 2.35. The molecule has 0 unspecified atom stereocenters. The molecule has 0 radical (unpaired) electrons. The Bertz CT molecular complexity index is 451. The van der Waals surface area contributed by atoms with Gasteiger partial charge in [0.15, 0.2) is 0 Å². The zero-order chi connectivity index (χ0) is 12.1. The molecule has 2 aromatic rings. The van der Waals surface area contributed by atoms with Gasteiger partial charge in [-0.1, -0.05) is 20.1 Å². The zero-order valence-corrected chi connectivity index (χ0v) is 10.9. The van der Waals surface area contributed by atoms with Gasteiger partial charge >= 0.3 is 0 Å². The van der Waals surface area contributed by atoms with Crippen LogP contribution >= 0.6 is 7.92 Å². The molecule has 0 aliphatic carbocycles. The first-order valence-corrected chi connectivity index (χ1v) is 7.79. The van der Waals surface area contributed by atoms with Gasteiger partial charge in [0.25, 0.3) is 0 Å². The van der Waals surface area contributed by atoms with Crippen LogP contribution in [0.25, 0.3) is 5.57 Å². The molecule has 17 heavy (non-hydrogen) atoms. The highest BCUT2D eigenvalue weighted by Gasteiger charge is 2.07. The number of rotatable bonds is 3. The van der Waals surface area contributed by atoms with Crippen LogP contribution < -0.4 is 0 Å². The van der Waals surface area contributed by atoms with Crippen LogP contribution in [0.2, 0.25) is 0 Å². The molecular weight excluding hydrogens is 227 g/mol. The van der Waals surface area contributed by atoms with Gasteiger partial charge in [-0.05, 0) is 43.4 Å². The second kappa shape index (κ2) is 5.70. The van der Waals surface area contributed by atoms with Crippen LogP contribution in [-0.2, 0) is 0 Å². The largest absolute Gasteiger partial charge is 0.256 e. The summed E-state index contributed by atoms with van der Waals surface area (Å²) in [6, 6.07) is 11.9. The average Bonchev–Trinajstić information content (AvgIpc) is 2.38. The molecule has 0 fully saturated rings. The Labute approximate surface area is 103 Å². The van der Waals surface area contributed by atoms with E-state index in [-0.39, 0.29) is 7.92 Å². The summed E-state index contributed by atoms with van der Waals surface area (Å²) in [6.45, 7) is 4.45. The van der Waals surface area contributed by atoms with E-state index >= 15 is 0 Å². The van der Waals surface area contributed by atoms with Gasteiger partial charge in [0.05, 0.1) is 11.4 Å². The van der Waals surface area contributed by atoms with Crippen LogP contribution in [0.4, 0.5) is 0 Å². The molecule has 86 valence electrons. The van der Waals surface area contributed by atoms with Crippen molar-refractivity contribution < 1.29 is 0 Å². The van der Waals surface area contributed by atoms with Crippen molar-refractivity contribution in [3.63, 3.8) is 0 Å². The molecule has 0 N–H and O–H groups in total. The van der Waals surface area contributed by atoms with Crippen LogP contribution in [-0.4, -0.2) is 23.3 Å². The highest BCUT2D eigenvalue weighted by molar-refractivity contribution is 7.59. The van der Waals surface area contributed by atoms with Crippen molar-refractivity contribution in [3.8, 4) is 0 Å². The Morgan fingerprint density at radius 3 is 1.82 bits per heavy atom. The summed E-state index contributed by atoms with van der Waals surface area (Å²) in [6.07, 6.45) is 3.64. The maximum absolute atomic E-state index is 4.41. The van der Waals surface area contributed by atoms with Gasteiger partial charge in [-0.3, -0.25) is 9.97 Å². The number of pyridine rings is 2. The lowest BCUT2D eigenvalue weighted by Gasteiger charge is -2.08. The first-order valence-electron chi connectivity index (χ1n) is 5.48. The minimum atomic E-state index is -0.129. The van der Waals surface area contributed by atoms with Crippen molar-refractivity contribution in [1.29, 1.82) is 0 Å². The van der Waals surface area contributed by atoms with Gasteiger partial charge in [0.2, 0.25) is 0 Å². The Morgan fingerprint density at radius 1 is 0.941 bits per heavy atom. The highest BCUT2D eigenvalue weighted by Crippen LogP contribution is 2.33. The first kappa shape index (κ1) is 11.9. The summed E-state index contributed by atoms with van der Waals surface area (Å²) in [5.74, 6) is 2.26. The van der Waals surface area contributed by atoms with Crippen LogP contribution in [0.5, 0.6) is 0 Å². The SMILES string of the molecule is CP(C)C=C(c1ccccn1)c1ccccn1. The van der Waals surface area contributed by atoms with Gasteiger partial charge in [0, 0.05) is 18.0 Å². The maximum Gasteiger partial charge on any atom is 0.0724 e. The van der Waals surface area contributed by atoms with E-state index in [1.807, 2.05) is 48.8 Å². The molecule has 0 aliphatic heterocycles. The van der Waals surface area contributed by atoms with Crippen molar-refractivity contribution >= 4 is 13.5 Å². The standard InChI is InChI=1S/C14H15N2P/c1-17(2)11-12(13-7-3-5-9-15-13)14-8-4-6-10-16-14/h3-11H,1-2H3. The van der Waals surface area contributed by atoms with E-state index in [2.05, 4.69) is 29.1 Å². The second-order valence-electron chi connectivity index (χ2n) is 3.94. The molecule has 0 aliphatic rings. The van der Waals surface area contributed by atoms with Gasteiger partial charge in [-0.15, -0.1) is 0 Å². The molecule has 0 saturated heterocycles. The molecule has 0 spiro atoms. The summed E-state index contributed by atoms with van der Waals surface area (Å²) >= 11 is 0. The molecule has 0 amide bonds. The average molecular weight is 242 g/mol. The van der Waals surface area contributed by atoms with E-state index in [0.717, 1.165) is 17.0 Å². The number of hydrogen-bond donors (Lipinski definition) is 0. The van der Waals surface area contributed by atoms with Crippen molar-refractivity contribution in [2.45, 2.75) is 0 Å². The Morgan fingerprint density at radius 2 is 1.47 bits per heavy atom. The second-order valence-corrected chi connectivity index (χ2v) is 6.12. The van der Waals surface area contributed by atoms with Crippen molar-refractivity contribution in [1.82, 2.24) is 9.97 Å². The molecule has 2 rings (SSSR count). The van der Waals surface area contributed by atoms with Gasteiger partial charge in [0.1, 0.15) is 0 Å². The molecular formula is C14H15N2P. The number of hydrogen-bond acceptors (Lipinski definition) is 2. The quantitative estimate of drug-likeness (QED) is 0.768. The van der Waals surface area contributed by atoms with Gasteiger partial charge in [-0.25, -0.2) is 0 Å². The highest BCUT2D eigenvalue weighted by atomic mass is 31.1. The van der Waals surface area contributed by atoms with E-state index in [1.54, 1.807) is 0 Å². The van der Waals surface area contributed by atoms with Crippen molar-refractivity contribution in [2.75, 3.05) is 13.3 Å². The summed E-state index contributed by atoms with van der Waals surface area (Å²) < 4.78 is 0. The fraction of sp³-hybridized carbons (Fsp3) is 0.143. The van der Waals surface area contributed by atoms with Crippen LogP contribution in [0.3, 0.4) is 0 Å². The summed E-state index contributed by atoms with van der Waals surface area (Å²) in [5.41, 5.74) is 3.10. The first-order chi connectivity index (χ1) is 8.27. The normalized spacial score (nSPS) is 10.3. The van der Waals surface area contributed by atoms with Crippen LogP contribution in [0.15, 0.2) is 54.6 Å². The van der Waals surface area contributed by atoms with E-state index < -0.39 is 0 Å². The monoisotopic (exact) mass is 242 g/mol. The predicted molar refractivity (Wildman–Crippen MR) is 74.3 cm³/mol. The van der Waals surface area contributed by atoms with E-state index in [9.17, 15) is 0 Å². The van der Waals surface area contributed by atoms with Gasteiger partial charge in [-0.2, -0.15) is 0 Å². The van der Waals surface area contributed by atoms with Gasteiger partial charge < -0.3 is 0 Å². The summed E-state index contributed by atoms with van der Waals surface area (Å²) in [7, 11) is -0.129. The van der Waals surface area contributed by atoms with E-state index in [4.69, 9.17) is 0 Å². The molecule has 0 aromatic carbocycles. The molecule has 0 bridgehead atoms. The zero-order valence-electron chi connectivity index (χ0n) is 10.0. The Balaban J connectivity index is 2.47. The minimum Gasteiger partial charge on any atom is -0.256 e. The van der Waals surface area contributed by atoms with E-state index in [1.165, 1.54) is 0 Å². The van der Waals surface area contributed by atoms with E-state index in [0.29, 0.717) is 0 Å². The van der Waals surface area contributed by atoms with Crippen molar-refractivity contribution in [2.24, 2.45) is 0 Å². The topological polar surface area (TPSA) is 25.8 Å². The van der Waals surface area contributed by atoms with Crippen LogP contribution in [0, 0.1) is 0 Å². The minimum absolute atomic E-state index is 0.129. The predicted octanol–water partition coefficient (Wildman–Crippen LogP) is 3.61. The lowest BCUT2D eigenvalue weighted by Crippen LogP contribution is -1.93. The summed E-state index contributed by atoms with van der Waals surface area (Å²) in [5, 5.41) is 0. The third-order valence-electron chi connectivity index (χ3n) is 2.27. The fourth-order valence-electron chi connectivity index (χ4n) is 1.57. The molecule has 2 nitrogen and oxygen atoms in total. The van der Waals surface area contributed by atoms with Crippen molar-refractivity contribution in [3.05, 3.63) is 66.0 Å². The molecule has 2 aromatic heterocycles.